The highest BCUT2D eigenvalue weighted by Crippen LogP contribution is 2.17. The van der Waals surface area contributed by atoms with Crippen molar-refractivity contribution in [3.63, 3.8) is 0 Å². The second-order valence-corrected chi connectivity index (χ2v) is 3.38. The van der Waals surface area contributed by atoms with Gasteiger partial charge in [0.15, 0.2) is 0 Å². The third-order valence-corrected chi connectivity index (χ3v) is 2.06. The van der Waals surface area contributed by atoms with E-state index in [0.29, 0.717) is 0 Å². The SMILES string of the molecule is CN(C)c1ccncc1I. The maximum Gasteiger partial charge on any atom is 0.0547 e. The zero-order chi connectivity index (χ0) is 7.56. The first-order valence-corrected chi connectivity index (χ1v) is 4.06. The lowest BCUT2D eigenvalue weighted by molar-refractivity contribution is 1.11. The van der Waals surface area contributed by atoms with Crippen LogP contribution >= 0.6 is 22.6 Å². The van der Waals surface area contributed by atoms with E-state index in [1.807, 2.05) is 26.4 Å². The summed E-state index contributed by atoms with van der Waals surface area (Å²) in [6.07, 6.45) is 3.66. The lowest BCUT2D eigenvalue weighted by Gasteiger charge is -2.12. The standard InChI is InChI=1S/C7H9IN2/c1-10(2)7-3-4-9-5-6(7)8/h3-5H,1-2H3. The Kier molecular flexibility index (Phi) is 2.48. The smallest absolute Gasteiger partial charge is 0.0547 e. The molecule has 0 bridgehead atoms. The van der Waals surface area contributed by atoms with Crippen LogP contribution in [0.3, 0.4) is 0 Å². The number of anilines is 1. The molecule has 0 aliphatic rings. The second-order valence-electron chi connectivity index (χ2n) is 2.22. The molecule has 3 heteroatoms. The highest BCUT2D eigenvalue weighted by molar-refractivity contribution is 14.1. The van der Waals surface area contributed by atoms with E-state index in [-0.39, 0.29) is 0 Å². The van der Waals surface area contributed by atoms with E-state index in [4.69, 9.17) is 0 Å². The van der Waals surface area contributed by atoms with Crippen LogP contribution in [-0.2, 0) is 0 Å². The van der Waals surface area contributed by atoms with Gasteiger partial charge in [0.1, 0.15) is 0 Å². The molecule has 0 radical (unpaired) electrons. The molecule has 0 saturated heterocycles. The molecule has 0 fully saturated rings. The molecule has 1 aromatic rings. The molecule has 0 amide bonds. The van der Waals surface area contributed by atoms with Gasteiger partial charge < -0.3 is 4.90 Å². The van der Waals surface area contributed by atoms with Crippen LogP contribution in [0.2, 0.25) is 0 Å². The third-order valence-electron chi connectivity index (χ3n) is 1.23. The number of hydrogen-bond acceptors (Lipinski definition) is 2. The van der Waals surface area contributed by atoms with Gasteiger partial charge in [0.25, 0.3) is 0 Å². The average molecular weight is 248 g/mol. The van der Waals surface area contributed by atoms with Gasteiger partial charge in [-0.2, -0.15) is 0 Å². The fourth-order valence-electron chi connectivity index (χ4n) is 0.731. The Morgan fingerprint density at radius 2 is 2.20 bits per heavy atom. The van der Waals surface area contributed by atoms with Crippen molar-refractivity contribution < 1.29 is 0 Å². The summed E-state index contributed by atoms with van der Waals surface area (Å²) >= 11 is 2.27. The number of rotatable bonds is 1. The summed E-state index contributed by atoms with van der Waals surface area (Å²) in [5.74, 6) is 0. The largest absolute Gasteiger partial charge is 0.377 e. The van der Waals surface area contributed by atoms with E-state index in [0.717, 1.165) is 0 Å². The maximum atomic E-state index is 3.99. The molecule has 0 aromatic carbocycles. The van der Waals surface area contributed by atoms with Crippen molar-refractivity contribution in [3.8, 4) is 0 Å². The highest BCUT2D eigenvalue weighted by Gasteiger charge is 1.98. The Labute approximate surface area is 74.4 Å². The Balaban J connectivity index is 3.03. The molecule has 1 rings (SSSR count). The summed E-state index contributed by atoms with van der Waals surface area (Å²) in [6.45, 7) is 0. The van der Waals surface area contributed by atoms with Crippen molar-refractivity contribution in [2.24, 2.45) is 0 Å². The van der Waals surface area contributed by atoms with Gasteiger partial charge in [-0.15, -0.1) is 0 Å². The topological polar surface area (TPSA) is 16.1 Å². The minimum absolute atomic E-state index is 1.19. The first-order valence-electron chi connectivity index (χ1n) is 2.98. The minimum atomic E-state index is 1.19. The van der Waals surface area contributed by atoms with Gasteiger partial charge in [-0.05, 0) is 28.7 Å². The fourth-order valence-corrected chi connectivity index (χ4v) is 1.55. The summed E-state index contributed by atoms with van der Waals surface area (Å²) in [5.41, 5.74) is 1.22. The molecule has 0 saturated carbocycles. The number of nitrogens with zero attached hydrogens (tertiary/aromatic N) is 2. The zero-order valence-electron chi connectivity index (χ0n) is 6.00. The monoisotopic (exact) mass is 248 g/mol. The number of pyridine rings is 1. The van der Waals surface area contributed by atoms with Gasteiger partial charge >= 0.3 is 0 Å². The molecular weight excluding hydrogens is 239 g/mol. The van der Waals surface area contributed by atoms with Gasteiger partial charge in [0, 0.05) is 26.5 Å². The molecule has 0 N–H and O–H groups in total. The summed E-state index contributed by atoms with van der Waals surface area (Å²) < 4.78 is 1.19. The van der Waals surface area contributed by atoms with Crippen LogP contribution in [0.1, 0.15) is 0 Å². The Morgan fingerprint density at radius 1 is 1.50 bits per heavy atom. The van der Waals surface area contributed by atoms with Crippen LogP contribution in [-0.4, -0.2) is 19.1 Å². The van der Waals surface area contributed by atoms with Crippen LogP contribution in [0.5, 0.6) is 0 Å². The number of hydrogen-bond donors (Lipinski definition) is 0. The van der Waals surface area contributed by atoms with Crippen molar-refractivity contribution in [3.05, 3.63) is 22.0 Å². The van der Waals surface area contributed by atoms with E-state index in [2.05, 4.69) is 32.5 Å². The van der Waals surface area contributed by atoms with Crippen LogP contribution < -0.4 is 4.90 Å². The van der Waals surface area contributed by atoms with Gasteiger partial charge in [-0.3, -0.25) is 4.98 Å². The summed E-state index contributed by atoms with van der Waals surface area (Å²) in [5, 5.41) is 0. The summed E-state index contributed by atoms with van der Waals surface area (Å²) in [4.78, 5) is 6.07. The molecule has 1 aromatic heterocycles. The number of aromatic nitrogens is 1. The van der Waals surface area contributed by atoms with Crippen molar-refractivity contribution in [1.82, 2.24) is 4.98 Å². The van der Waals surface area contributed by atoms with Crippen molar-refractivity contribution >= 4 is 28.3 Å². The Morgan fingerprint density at radius 3 is 2.60 bits per heavy atom. The van der Waals surface area contributed by atoms with Gasteiger partial charge in [0.05, 0.1) is 9.26 Å². The zero-order valence-corrected chi connectivity index (χ0v) is 8.16. The van der Waals surface area contributed by atoms with Gasteiger partial charge in [-0.25, -0.2) is 0 Å². The third kappa shape index (κ3) is 1.59. The van der Waals surface area contributed by atoms with Crippen LogP contribution in [0, 0.1) is 3.57 Å². The van der Waals surface area contributed by atoms with E-state index in [1.54, 1.807) is 6.20 Å². The van der Waals surface area contributed by atoms with Crippen LogP contribution in [0.4, 0.5) is 5.69 Å². The molecule has 54 valence electrons. The molecule has 0 aliphatic heterocycles. The Hall–Kier alpha value is -0.320. The van der Waals surface area contributed by atoms with Gasteiger partial charge in [-0.1, -0.05) is 0 Å². The molecule has 1 heterocycles. The quantitative estimate of drug-likeness (QED) is 0.704. The predicted octanol–water partition coefficient (Wildman–Crippen LogP) is 1.75. The summed E-state index contributed by atoms with van der Waals surface area (Å²) in [6, 6.07) is 2.00. The molecule has 0 spiro atoms. The van der Waals surface area contributed by atoms with E-state index < -0.39 is 0 Å². The fraction of sp³-hybridized carbons (Fsp3) is 0.286. The molecule has 2 nitrogen and oxygen atoms in total. The first-order chi connectivity index (χ1) is 4.72. The highest BCUT2D eigenvalue weighted by atomic mass is 127. The molecular formula is C7H9IN2. The van der Waals surface area contributed by atoms with Crippen molar-refractivity contribution in [1.29, 1.82) is 0 Å². The lowest BCUT2D eigenvalue weighted by atomic mass is 10.4. The summed E-state index contributed by atoms with van der Waals surface area (Å²) in [7, 11) is 4.05. The lowest BCUT2D eigenvalue weighted by Crippen LogP contribution is -2.09. The second kappa shape index (κ2) is 3.18. The molecule has 0 aliphatic carbocycles. The Bertz CT molecular complexity index is 223. The maximum absolute atomic E-state index is 3.99. The minimum Gasteiger partial charge on any atom is -0.377 e. The molecule has 10 heavy (non-hydrogen) atoms. The van der Waals surface area contributed by atoms with Crippen molar-refractivity contribution in [2.45, 2.75) is 0 Å². The average Bonchev–Trinajstić information content (AvgIpc) is 1.88. The first kappa shape index (κ1) is 7.78. The van der Waals surface area contributed by atoms with Crippen LogP contribution in [0.15, 0.2) is 18.5 Å². The normalized spacial score (nSPS) is 9.50. The predicted molar refractivity (Wildman–Crippen MR) is 51.3 cm³/mol. The van der Waals surface area contributed by atoms with Crippen LogP contribution in [0.25, 0.3) is 0 Å². The van der Waals surface area contributed by atoms with Crippen molar-refractivity contribution in [2.75, 3.05) is 19.0 Å². The number of halogens is 1. The van der Waals surface area contributed by atoms with E-state index >= 15 is 0 Å². The van der Waals surface area contributed by atoms with Gasteiger partial charge in [0.2, 0.25) is 0 Å². The molecule has 0 atom stereocenters. The molecule has 0 unspecified atom stereocenters. The van der Waals surface area contributed by atoms with E-state index in [1.165, 1.54) is 9.26 Å². The van der Waals surface area contributed by atoms with E-state index in [9.17, 15) is 0 Å².